The summed E-state index contributed by atoms with van der Waals surface area (Å²) in [5.41, 5.74) is 3.24. The van der Waals surface area contributed by atoms with Crippen LogP contribution in [0.5, 0.6) is 5.75 Å². The third kappa shape index (κ3) is 4.48. The van der Waals surface area contributed by atoms with E-state index in [4.69, 9.17) is 17.0 Å². The maximum atomic E-state index is 12.8. The Hall–Kier alpha value is -2.93. The van der Waals surface area contributed by atoms with E-state index in [9.17, 15) is 4.79 Å². The molecule has 1 amide bonds. The second kappa shape index (κ2) is 8.84. The Morgan fingerprint density at radius 2 is 1.79 bits per heavy atom. The van der Waals surface area contributed by atoms with Crippen LogP contribution in [0.3, 0.4) is 0 Å². The monoisotopic (exact) mass is 396 g/mol. The van der Waals surface area contributed by atoms with E-state index < -0.39 is 0 Å². The van der Waals surface area contributed by atoms with E-state index in [-0.39, 0.29) is 12.5 Å². The third-order valence-electron chi connectivity index (χ3n) is 4.68. The van der Waals surface area contributed by atoms with Gasteiger partial charge in [-0.1, -0.05) is 31.2 Å². The van der Waals surface area contributed by atoms with Crippen molar-refractivity contribution in [2.75, 3.05) is 14.2 Å². The van der Waals surface area contributed by atoms with Gasteiger partial charge in [0.25, 0.3) is 0 Å². The van der Waals surface area contributed by atoms with Gasteiger partial charge in [-0.3, -0.25) is 14.5 Å². The van der Waals surface area contributed by atoms with Crippen LogP contribution in [0.2, 0.25) is 0 Å². The molecule has 1 heterocycles. The van der Waals surface area contributed by atoms with Crippen LogP contribution in [0.4, 0.5) is 0 Å². The van der Waals surface area contributed by atoms with E-state index in [0.29, 0.717) is 17.1 Å². The van der Waals surface area contributed by atoms with Gasteiger partial charge in [0.1, 0.15) is 12.3 Å². The quantitative estimate of drug-likeness (QED) is 0.617. The normalized spacial score (nSPS) is 10.7. The van der Waals surface area contributed by atoms with Crippen LogP contribution >= 0.6 is 12.2 Å². The summed E-state index contributed by atoms with van der Waals surface area (Å²) in [5, 5.41) is 7.08. The van der Waals surface area contributed by atoms with E-state index in [2.05, 4.69) is 41.4 Å². The van der Waals surface area contributed by atoms with Gasteiger partial charge >= 0.3 is 0 Å². The molecule has 0 atom stereocenters. The number of aromatic amines is 1. The number of amides is 1. The van der Waals surface area contributed by atoms with Crippen molar-refractivity contribution in [3.05, 3.63) is 64.4 Å². The molecule has 146 valence electrons. The van der Waals surface area contributed by atoms with E-state index in [0.717, 1.165) is 23.3 Å². The molecule has 1 aromatic heterocycles. The fourth-order valence-corrected chi connectivity index (χ4v) is 3.12. The minimum Gasteiger partial charge on any atom is -0.497 e. The molecule has 0 spiro atoms. The summed E-state index contributed by atoms with van der Waals surface area (Å²) in [6.45, 7) is 2.80. The molecule has 0 fully saturated rings. The van der Waals surface area contributed by atoms with E-state index >= 15 is 0 Å². The van der Waals surface area contributed by atoms with Gasteiger partial charge in [0.05, 0.1) is 7.11 Å². The molecular weight excluding hydrogens is 372 g/mol. The molecular formula is C21H24N4O2S. The van der Waals surface area contributed by atoms with Crippen LogP contribution in [0.25, 0.3) is 11.4 Å². The van der Waals surface area contributed by atoms with Gasteiger partial charge < -0.3 is 9.64 Å². The second-order valence-electron chi connectivity index (χ2n) is 6.59. The molecule has 2 aromatic carbocycles. The number of rotatable bonds is 7. The van der Waals surface area contributed by atoms with Gasteiger partial charge in [0.15, 0.2) is 10.6 Å². The Labute approximate surface area is 169 Å². The van der Waals surface area contributed by atoms with E-state index in [1.54, 1.807) is 23.6 Å². The second-order valence-corrected chi connectivity index (χ2v) is 6.97. The van der Waals surface area contributed by atoms with Gasteiger partial charge in [-0.25, -0.2) is 0 Å². The number of nitrogens with one attached hydrogen (secondary N) is 1. The Kier molecular flexibility index (Phi) is 6.26. The molecule has 0 saturated carbocycles. The number of benzene rings is 2. The van der Waals surface area contributed by atoms with Crippen molar-refractivity contribution >= 4 is 18.1 Å². The minimum absolute atomic E-state index is 0.0353. The zero-order valence-corrected chi connectivity index (χ0v) is 17.1. The van der Waals surface area contributed by atoms with Crippen molar-refractivity contribution in [1.29, 1.82) is 0 Å². The molecule has 28 heavy (non-hydrogen) atoms. The Bertz CT molecular complexity index is 990. The molecule has 0 aliphatic carbocycles. The standard InChI is InChI=1S/C21H24N4O2S/c1-4-15-5-7-16(8-6-15)13-24(2)19(26)14-25-20(22-23-21(25)28)17-9-11-18(27-3)12-10-17/h5-12H,4,13-14H2,1-3H3,(H,23,28). The molecule has 7 heteroatoms. The lowest BCUT2D eigenvalue weighted by atomic mass is 10.1. The Balaban J connectivity index is 1.74. The maximum absolute atomic E-state index is 12.8. The summed E-state index contributed by atoms with van der Waals surface area (Å²) in [6.07, 6.45) is 1.00. The fourth-order valence-electron chi connectivity index (χ4n) is 2.92. The average Bonchev–Trinajstić information content (AvgIpc) is 3.08. The molecule has 3 aromatic rings. The van der Waals surface area contributed by atoms with Crippen LogP contribution in [0.1, 0.15) is 18.1 Å². The number of hydrogen-bond donors (Lipinski definition) is 1. The number of hydrogen-bond acceptors (Lipinski definition) is 4. The minimum atomic E-state index is -0.0353. The molecule has 0 unspecified atom stereocenters. The van der Waals surface area contributed by atoms with Crippen molar-refractivity contribution in [2.45, 2.75) is 26.4 Å². The van der Waals surface area contributed by atoms with Crippen molar-refractivity contribution in [1.82, 2.24) is 19.7 Å². The summed E-state index contributed by atoms with van der Waals surface area (Å²) in [7, 11) is 3.42. The number of likely N-dealkylation sites (N-methyl/N-ethyl adjacent to an activating group) is 1. The highest BCUT2D eigenvalue weighted by Gasteiger charge is 2.15. The summed E-state index contributed by atoms with van der Waals surface area (Å²) in [4.78, 5) is 14.5. The molecule has 0 radical (unpaired) electrons. The lowest BCUT2D eigenvalue weighted by Crippen LogP contribution is -2.30. The predicted molar refractivity (Wildman–Crippen MR) is 112 cm³/mol. The zero-order valence-electron chi connectivity index (χ0n) is 16.3. The van der Waals surface area contributed by atoms with Crippen molar-refractivity contribution in [3.63, 3.8) is 0 Å². The number of carbonyl (C=O) groups is 1. The summed E-state index contributed by atoms with van der Waals surface area (Å²) in [5.74, 6) is 1.35. The van der Waals surface area contributed by atoms with Gasteiger partial charge in [0, 0.05) is 19.2 Å². The van der Waals surface area contributed by atoms with Gasteiger partial charge in [-0.15, -0.1) is 0 Å². The number of aromatic nitrogens is 3. The highest BCUT2D eigenvalue weighted by molar-refractivity contribution is 7.71. The maximum Gasteiger partial charge on any atom is 0.242 e. The smallest absolute Gasteiger partial charge is 0.242 e. The Morgan fingerprint density at radius 1 is 1.14 bits per heavy atom. The van der Waals surface area contributed by atoms with Gasteiger partial charge in [-0.05, 0) is 54.0 Å². The summed E-state index contributed by atoms with van der Waals surface area (Å²) in [6, 6.07) is 15.8. The van der Waals surface area contributed by atoms with Crippen molar-refractivity contribution < 1.29 is 9.53 Å². The zero-order chi connectivity index (χ0) is 20.1. The summed E-state index contributed by atoms with van der Waals surface area (Å²) < 4.78 is 7.33. The first-order chi connectivity index (χ1) is 13.5. The molecule has 6 nitrogen and oxygen atoms in total. The lowest BCUT2D eigenvalue weighted by molar-refractivity contribution is -0.131. The van der Waals surface area contributed by atoms with Crippen LogP contribution < -0.4 is 4.74 Å². The third-order valence-corrected chi connectivity index (χ3v) is 4.99. The van der Waals surface area contributed by atoms with Crippen LogP contribution in [-0.2, 0) is 24.3 Å². The number of carbonyl (C=O) groups excluding carboxylic acids is 1. The molecule has 3 rings (SSSR count). The van der Waals surface area contributed by atoms with E-state index in [1.165, 1.54) is 5.56 Å². The topological polar surface area (TPSA) is 63.1 Å². The van der Waals surface area contributed by atoms with Gasteiger partial charge in [-0.2, -0.15) is 5.10 Å². The molecule has 0 saturated heterocycles. The molecule has 0 aliphatic heterocycles. The van der Waals surface area contributed by atoms with Gasteiger partial charge in [0.2, 0.25) is 5.91 Å². The number of H-pyrrole nitrogens is 1. The predicted octanol–water partition coefficient (Wildman–Crippen LogP) is 3.84. The largest absolute Gasteiger partial charge is 0.497 e. The highest BCUT2D eigenvalue weighted by Crippen LogP contribution is 2.21. The number of methoxy groups -OCH3 is 1. The first-order valence-electron chi connectivity index (χ1n) is 9.13. The first kappa shape index (κ1) is 19.8. The van der Waals surface area contributed by atoms with Crippen LogP contribution in [-0.4, -0.2) is 39.7 Å². The molecule has 1 N–H and O–H groups in total. The Morgan fingerprint density at radius 3 is 2.39 bits per heavy atom. The highest BCUT2D eigenvalue weighted by atomic mass is 32.1. The first-order valence-corrected chi connectivity index (χ1v) is 9.54. The fraction of sp³-hybridized carbons (Fsp3) is 0.286. The number of ether oxygens (including phenoxy) is 1. The molecule has 0 aliphatic rings. The number of aryl methyl sites for hydroxylation is 1. The summed E-state index contributed by atoms with van der Waals surface area (Å²) >= 11 is 5.33. The van der Waals surface area contributed by atoms with E-state index in [1.807, 2.05) is 24.3 Å². The van der Waals surface area contributed by atoms with Crippen LogP contribution in [0.15, 0.2) is 48.5 Å². The lowest BCUT2D eigenvalue weighted by Gasteiger charge is -2.18. The average molecular weight is 397 g/mol. The number of nitrogens with zero attached hydrogens (tertiary/aromatic N) is 3. The van der Waals surface area contributed by atoms with Crippen molar-refractivity contribution in [2.24, 2.45) is 0 Å². The SMILES string of the molecule is CCc1ccc(CN(C)C(=O)Cn2c(-c3ccc(OC)cc3)n[nH]c2=S)cc1. The van der Waals surface area contributed by atoms with Crippen LogP contribution in [0, 0.1) is 4.77 Å². The molecule has 0 bridgehead atoms. The van der Waals surface area contributed by atoms with Crippen molar-refractivity contribution in [3.8, 4) is 17.1 Å².